The van der Waals surface area contributed by atoms with Crippen LogP contribution < -0.4 is 14.4 Å². The van der Waals surface area contributed by atoms with E-state index in [0.717, 1.165) is 30.2 Å². The van der Waals surface area contributed by atoms with E-state index in [-0.39, 0.29) is 12.7 Å². The Morgan fingerprint density at radius 3 is 2.76 bits per heavy atom. The van der Waals surface area contributed by atoms with Crippen LogP contribution in [0.5, 0.6) is 11.5 Å². The maximum absolute atomic E-state index is 11.6. The van der Waals surface area contributed by atoms with Crippen LogP contribution in [0.25, 0.3) is 0 Å². The van der Waals surface area contributed by atoms with Gasteiger partial charge in [-0.25, -0.2) is 0 Å². The molecule has 0 bridgehead atoms. The SMILES string of the molecule is CCC1CN(C(C)=O)c2cc3c(cc21)OCO3. The van der Waals surface area contributed by atoms with Crippen LogP contribution in [0.2, 0.25) is 0 Å². The normalized spacial score (nSPS) is 20.6. The average molecular weight is 233 g/mol. The van der Waals surface area contributed by atoms with E-state index in [0.29, 0.717) is 5.92 Å². The van der Waals surface area contributed by atoms with Crippen molar-refractivity contribution < 1.29 is 14.3 Å². The molecule has 1 amide bonds. The first-order chi connectivity index (χ1) is 8.20. The number of nitrogens with zero attached hydrogens (tertiary/aromatic N) is 1. The summed E-state index contributed by atoms with van der Waals surface area (Å²) in [5.74, 6) is 2.03. The first-order valence-electron chi connectivity index (χ1n) is 5.92. The van der Waals surface area contributed by atoms with Crippen molar-refractivity contribution >= 4 is 11.6 Å². The average Bonchev–Trinajstić information content (AvgIpc) is 2.88. The molecule has 0 N–H and O–H groups in total. The predicted octanol–water partition coefficient (Wildman–Crippen LogP) is 2.28. The highest BCUT2D eigenvalue weighted by Gasteiger charge is 2.32. The van der Waals surface area contributed by atoms with Crippen LogP contribution in [-0.2, 0) is 4.79 Å². The zero-order valence-electron chi connectivity index (χ0n) is 10.0. The standard InChI is InChI=1S/C13H15NO3/c1-3-9-6-14(8(2)15)11-5-13-12(4-10(9)11)16-7-17-13/h4-5,9H,3,6-7H2,1-2H3. The Hall–Kier alpha value is -1.71. The number of amides is 1. The molecule has 0 saturated heterocycles. The van der Waals surface area contributed by atoms with Gasteiger partial charge in [0.1, 0.15) is 0 Å². The Kier molecular flexibility index (Phi) is 2.24. The molecule has 1 aromatic carbocycles. The first-order valence-corrected chi connectivity index (χ1v) is 5.92. The Bertz CT molecular complexity index is 484. The summed E-state index contributed by atoms with van der Waals surface area (Å²) in [4.78, 5) is 13.4. The number of rotatable bonds is 1. The topological polar surface area (TPSA) is 38.8 Å². The van der Waals surface area contributed by atoms with Crippen LogP contribution in [0.15, 0.2) is 12.1 Å². The summed E-state index contributed by atoms with van der Waals surface area (Å²) in [7, 11) is 0. The molecule has 0 spiro atoms. The molecule has 2 heterocycles. The van der Waals surface area contributed by atoms with E-state index in [1.807, 2.05) is 17.0 Å². The van der Waals surface area contributed by atoms with Gasteiger partial charge in [-0.1, -0.05) is 6.92 Å². The molecule has 0 fully saturated rings. The summed E-state index contributed by atoms with van der Waals surface area (Å²) in [5, 5.41) is 0. The van der Waals surface area contributed by atoms with E-state index in [1.165, 1.54) is 5.56 Å². The van der Waals surface area contributed by atoms with Gasteiger partial charge in [0.25, 0.3) is 0 Å². The molecule has 4 heteroatoms. The monoisotopic (exact) mass is 233 g/mol. The number of fused-ring (bicyclic) bond motifs is 2. The zero-order valence-corrected chi connectivity index (χ0v) is 10.0. The molecule has 0 radical (unpaired) electrons. The molecule has 0 aliphatic carbocycles. The minimum Gasteiger partial charge on any atom is -0.454 e. The molecular weight excluding hydrogens is 218 g/mol. The van der Waals surface area contributed by atoms with Crippen molar-refractivity contribution in [2.45, 2.75) is 26.2 Å². The summed E-state index contributed by atoms with van der Waals surface area (Å²) in [6.45, 7) is 4.79. The Morgan fingerprint density at radius 1 is 1.41 bits per heavy atom. The van der Waals surface area contributed by atoms with Crippen molar-refractivity contribution in [3.8, 4) is 11.5 Å². The Morgan fingerprint density at radius 2 is 2.12 bits per heavy atom. The highest BCUT2D eigenvalue weighted by molar-refractivity contribution is 5.94. The smallest absolute Gasteiger partial charge is 0.231 e. The van der Waals surface area contributed by atoms with E-state index >= 15 is 0 Å². The van der Waals surface area contributed by atoms with Crippen LogP contribution >= 0.6 is 0 Å². The fourth-order valence-corrected chi connectivity index (χ4v) is 2.57. The summed E-state index contributed by atoms with van der Waals surface area (Å²) in [5.41, 5.74) is 2.18. The molecule has 17 heavy (non-hydrogen) atoms. The van der Waals surface area contributed by atoms with E-state index in [1.54, 1.807) is 6.92 Å². The minimum atomic E-state index is 0.0843. The summed E-state index contributed by atoms with van der Waals surface area (Å²) < 4.78 is 10.7. The van der Waals surface area contributed by atoms with E-state index in [9.17, 15) is 4.79 Å². The third kappa shape index (κ3) is 1.47. The van der Waals surface area contributed by atoms with Crippen LogP contribution in [-0.4, -0.2) is 19.2 Å². The van der Waals surface area contributed by atoms with Crippen molar-refractivity contribution in [1.82, 2.24) is 0 Å². The lowest BCUT2D eigenvalue weighted by Crippen LogP contribution is -2.26. The number of hydrogen-bond acceptors (Lipinski definition) is 3. The molecule has 1 atom stereocenters. The van der Waals surface area contributed by atoms with E-state index in [4.69, 9.17) is 9.47 Å². The zero-order chi connectivity index (χ0) is 12.0. The number of benzene rings is 1. The molecular formula is C13H15NO3. The fraction of sp³-hybridized carbons (Fsp3) is 0.462. The lowest BCUT2D eigenvalue weighted by atomic mass is 9.98. The third-order valence-electron chi connectivity index (χ3n) is 3.53. The van der Waals surface area contributed by atoms with Gasteiger partial charge in [0.05, 0.1) is 5.69 Å². The van der Waals surface area contributed by atoms with Gasteiger partial charge in [0.2, 0.25) is 12.7 Å². The van der Waals surface area contributed by atoms with Gasteiger partial charge in [0, 0.05) is 25.5 Å². The lowest BCUT2D eigenvalue weighted by Gasteiger charge is -2.15. The highest BCUT2D eigenvalue weighted by Crippen LogP contribution is 2.45. The molecule has 2 aliphatic rings. The molecule has 1 unspecified atom stereocenters. The lowest BCUT2D eigenvalue weighted by molar-refractivity contribution is -0.116. The van der Waals surface area contributed by atoms with Crippen molar-refractivity contribution in [3.63, 3.8) is 0 Å². The maximum Gasteiger partial charge on any atom is 0.231 e. The molecule has 0 saturated carbocycles. The van der Waals surface area contributed by atoms with E-state index < -0.39 is 0 Å². The second-order valence-corrected chi connectivity index (χ2v) is 4.50. The molecule has 90 valence electrons. The summed E-state index contributed by atoms with van der Waals surface area (Å²) >= 11 is 0. The van der Waals surface area contributed by atoms with Gasteiger partial charge >= 0.3 is 0 Å². The van der Waals surface area contributed by atoms with E-state index in [2.05, 4.69) is 6.92 Å². The van der Waals surface area contributed by atoms with Gasteiger partial charge in [-0.2, -0.15) is 0 Å². The second kappa shape index (κ2) is 3.65. The summed E-state index contributed by atoms with van der Waals surface area (Å²) in [6, 6.07) is 3.95. The van der Waals surface area contributed by atoms with Gasteiger partial charge in [-0.05, 0) is 18.1 Å². The largest absolute Gasteiger partial charge is 0.454 e. The predicted molar refractivity (Wildman–Crippen MR) is 63.6 cm³/mol. The number of ether oxygens (including phenoxy) is 2. The molecule has 4 nitrogen and oxygen atoms in total. The molecule has 3 rings (SSSR count). The second-order valence-electron chi connectivity index (χ2n) is 4.50. The van der Waals surface area contributed by atoms with Crippen LogP contribution in [0.3, 0.4) is 0 Å². The number of anilines is 1. The van der Waals surface area contributed by atoms with Gasteiger partial charge in [-0.15, -0.1) is 0 Å². The van der Waals surface area contributed by atoms with Crippen LogP contribution in [0, 0.1) is 0 Å². The van der Waals surface area contributed by atoms with Crippen LogP contribution in [0.4, 0.5) is 5.69 Å². The number of carbonyl (C=O) groups excluding carboxylic acids is 1. The molecule has 2 aliphatic heterocycles. The first kappa shape index (κ1) is 10.4. The number of carbonyl (C=O) groups is 1. The van der Waals surface area contributed by atoms with Gasteiger partial charge in [0.15, 0.2) is 11.5 Å². The molecule has 0 aromatic heterocycles. The van der Waals surface area contributed by atoms with Crippen molar-refractivity contribution in [2.75, 3.05) is 18.2 Å². The Labute approximate surface area is 100 Å². The fourth-order valence-electron chi connectivity index (χ4n) is 2.57. The molecule has 1 aromatic rings. The quantitative estimate of drug-likeness (QED) is 0.747. The van der Waals surface area contributed by atoms with Crippen LogP contribution in [0.1, 0.15) is 31.7 Å². The maximum atomic E-state index is 11.6. The van der Waals surface area contributed by atoms with Gasteiger partial charge < -0.3 is 14.4 Å². The number of hydrogen-bond donors (Lipinski definition) is 0. The minimum absolute atomic E-state index is 0.0843. The van der Waals surface area contributed by atoms with Crippen molar-refractivity contribution in [1.29, 1.82) is 0 Å². The van der Waals surface area contributed by atoms with Crippen molar-refractivity contribution in [3.05, 3.63) is 17.7 Å². The summed E-state index contributed by atoms with van der Waals surface area (Å²) in [6.07, 6.45) is 1.02. The highest BCUT2D eigenvalue weighted by atomic mass is 16.7. The Balaban J connectivity index is 2.11. The van der Waals surface area contributed by atoms with Gasteiger partial charge in [-0.3, -0.25) is 4.79 Å². The van der Waals surface area contributed by atoms with Crippen molar-refractivity contribution in [2.24, 2.45) is 0 Å². The third-order valence-corrected chi connectivity index (χ3v) is 3.53.